The van der Waals surface area contributed by atoms with Gasteiger partial charge in [0.05, 0.1) is 26.4 Å². The minimum atomic E-state index is -1.73. The zero-order chi connectivity index (χ0) is 48.1. The van der Waals surface area contributed by atoms with Gasteiger partial charge in [-0.2, -0.15) is 0 Å². The van der Waals surface area contributed by atoms with E-state index in [2.05, 4.69) is 31.9 Å². The number of aliphatic hydroxyl groups is 3. The Morgan fingerprint density at radius 1 is 0.688 bits per heavy atom. The van der Waals surface area contributed by atoms with Gasteiger partial charge in [0.2, 0.25) is 47.3 Å². The smallest absolute Gasteiger partial charge is 0.328 e. The molecule has 8 amide bonds. The average Bonchev–Trinajstić information content (AvgIpc) is 3.78. The molecule has 1 aromatic rings. The monoisotopic (exact) mass is 908 g/mol. The molecule has 0 aliphatic carbocycles. The molecular weight excluding hydrogens is 844 g/mol. The van der Waals surface area contributed by atoms with Crippen molar-refractivity contribution in [3.63, 3.8) is 0 Å². The van der Waals surface area contributed by atoms with Crippen molar-refractivity contribution in [2.75, 3.05) is 39.5 Å². The van der Waals surface area contributed by atoms with Gasteiger partial charge in [0.1, 0.15) is 54.1 Å². The lowest BCUT2D eigenvalue weighted by Gasteiger charge is -2.29. The molecule has 9 atom stereocenters. The second kappa shape index (κ2) is 27.3. The summed E-state index contributed by atoms with van der Waals surface area (Å²) in [5.74, 6) is -9.07. The Morgan fingerprint density at radius 2 is 1.20 bits per heavy atom. The highest BCUT2D eigenvalue weighted by Gasteiger charge is 2.37. The van der Waals surface area contributed by atoms with Crippen molar-refractivity contribution in [3.8, 4) is 5.75 Å². The van der Waals surface area contributed by atoms with E-state index in [0.29, 0.717) is 44.2 Å². The fourth-order valence-corrected chi connectivity index (χ4v) is 6.57. The highest BCUT2D eigenvalue weighted by atomic mass is 16.4. The number of nitrogens with zero attached hydrogens (tertiary/aromatic N) is 1. The molecule has 24 nitrogen and oxygen atoms in total. The lowest BCUT2D eigenvalue weighted by atomic mass is 9.97. The molecular formula is C40H64N10O14. The molecule has 1 aromatic carbocycles. The quantitative estimate of drug-likeness (QED) is 0.0366. The molecule has 2 rings (SSSR count). The molecule has 0 aromatic heterocycles. The maximum atomic E-state index is 13.8. The first-order chi connectivity index (χ1) is 30.3. The van der Waals surface area contributed by atoms with Crippen LogP contribution >= 0.6 is 0 Å². The summed E-state index contributed by atoms with van der Waals surface area (Å²) in [5.41, 5.74) is 11.5. The molecule has 1 fully saturated rings. The van der Waals surface area contributed by atoms with Gasteiger partial charge in [-0.15, -0.1) is 0 Å². The van der Waals surface area contributed by atoms with Crippen molar-refractivity contribution in [3.05, 3.63) is 29.8 Å². The number of carbonyl (C=O) groups is 9. The topological polar surface area (TPSA) is 394 Å². The van der Waals surface area contributed by atoms with E-state index in [1.54, 1.807) is 13.8 Å². The van der Waals surface area contributed by atoms with Gasteiger partial charge in [-0.05, 0) is 69.2 Å². The SMILES string of the molecule is CC[C@H](C)[C@H](NC(=O)[C@H](CO)NC(=O)[C@H](Cc1ccc(O)cc1)NC(=O)[C@H](C)NC(=O)[C@@H]1CCCN1C(=O)CN)C(=O)N[C@@H](CCCCN)C(=O)N[C@@H](CO)C(=O)N[C@@H](CO)C(=O)O. The highest BCUT2D eigenvalue weighted by molar-refractivity contribution is 5.98. The third kappa shape index (κ3) is 16.6. The molecule has 1 aliphatic heterocycles. The van der Waals surface area contributed by atoms with Crippen LogP contribution < -0.4 is 48.7 Å². The Hall–Kier alpha value is -5.95. The van der Waals surface area contributed by atoms with Crippen molar-refractivity contribution in [2.45, 2.75) is 114 Å². The number of aliphatic carboxylic acids is 1. The first kappa shape index (κ1) is 54.2. The number of phenolic OH excluding ortho intramolecular Hbond substituents is 1. The summed E-state index contributed by atoms with van der Waals surface area (Å²) in [6.45, 7) is 1.98. The zero-order valence-corrected chi connectivity index (χ0v) is 36.2. The van der Waals surface area contributed by atoms with Crippen LogP contribution in [0.5, 0.6) is 5.75 Å². The summed E-state index contributed by atoms with van der Waals surface area (Å²) in [6.07, 6.45) is 1.71. The molecule has 64 heavy (non-hydrogen) atoms. The molecule has 16 N–H and O–H groups in total. The van der Waals surface area contributed by atoms with Crippen LogP contribution in [0.15, 0.2) is 24.3 Å². The average molecular weight is 909 g/mol. The van der Waals surface area contributed by atoms with Crippen molar-refractivity contribution >= 4 is 53.2 Å². The first-order valence-electron chi connectivity index (χ1n) is 21.0. The van der Waals surface area contributed by atoms with Crippen molar-refractivity contribution in [2.24, 2.45) is 17.4 Å². The van der Waals surface area contributed by atoms with Gasteiger partial charge in [-0.3, -0.25) is 38.4 Å². The third-order valence-corrected chi connectivity index (χ3v) is 10.6. The van der Waals surface area contributed by atoms with E-state index in [0.717, 1.165) is 0 Å². The standard InChI is InChI=1S/C40H64N10O14/c1-4-21(2)32(39(62)44-25(8-5-6-14-41)34(57)46-27(18-51)36(59)48-29(20-53)40(63)64)49-37(60)28(19-52)47-35(58)26(16-23-10-12-24(54)13-11-23)45-33(56)22(3)43-38(61)30-9-7-15-50(30)31(55)17-42/h10-13,21-22,25-30,32,51-54H,4-9,14-20,41-42H2,1-3H3,(H,43,61)(H,44,62)(H,45,56)(H,46,57)(H,47,58)(H,48,59)(H,49,60)(H,63,64)/t21-,22-,25-,26-,27-,28-,29-,30-,32-/m0/s1. The van der Waals surface area contributed by atoms with Crippen LogP contribution in [0.4, 0.5) is 0 Å². The van der Waals surface area contributed by atoms with Gasteiger partial charge in [-0.1, -0.05) is 32.4 Å². The third-order valence-electron chi connectivity index (χ3n) is 10.6. The van der Waals surface area contributed by atoms with Crippen molar-refractivity contribution < 1.29 is 68.7 Å². The highest BCUT2D eigenvalue weighted by Crippen LogP contribution is 2.18. The Bertz CT molecular complexity index is 1770. The number of benzene rings is 1. The molecule has 0 unspecified atom stereocenters. The van der Waals surface area contributed by atoms with Gasteiger partial charge < -0.3 is 79.1 Å². The second-order valence-electron chi connectivity index (χ2n) is 15.4. The van der Waals surface area contributed by atoms with Crippen molar-refractivity contribution in [1.29, 1.82) is 0 Å². The molecule has 0 spiro atoms. The summed E-state index contributed by atoms with van der Waals surface area (Å²) in [4.78, 5) is 119. The van der Waals surface area contributed by atoms with Gasteiger partial charge in [0, 0.05) is 13.0 Å². The number of nitrogens with one attached hydrogen (secondary N) is 7. The lowest BCUT2D eigenvalue weighted by Crippen LogP contribution is -2.62. The number of aromatic hydroxyl groups is 1. The number of hydrogen-bond acceptors (Lipinski definition) is 15. The van der Waals surface area contributed by atoms with E-state index in [-0.39, 0.29) is 31.7 Å². The largest absolute Gasteiger partial charge is 0.508 e. The number of carbonyl (C=O) groups excluding carboxylic acids is 8. The second-order valence-corrected chi connectivity index (χ2v) is 15.4. The van der Waals surface area contributed by atoms with Gasteiger partial charge in [0.25, 0.3) is 0 Å². The molecule has 0 bridgehead atoms. The van der Waals surface area contributed by atoms with Crippen molar-refractivity contribution in [1.82, 2.24) is 42.1 Å². The Labute approximate surface area is 370 Å². The van der Waals surface area contributed by atoms with E-state index >= 15 is 0 Å². The van der Waals surface area contributed by atoms with E-state index in [1.165, 1.54) is 36.1 Å². The number of unbranched alkanes of at least 4 members (excludes halogenated alkanes) is 1. The van der Waals surface area contributed by atoms with Gasteiger partial charge >= 0.3 is 5.97 Å². The number of hydrogen-bond donors (Lipinski definition) is 14. The normalized spacial score (nSPS) is 17.2. The summed E-state index contributed by atoms with van der Waals surface area (Å²) >= 11 is 0. The molecule has 0 radical (unpaired) electrons. The number of amides is 8. The summed E-state index contributed by atoms with van der Waals surface area (Å²) in [6, 6.07) is -5.69. The van der Waals surface area contributed by atoms with E-state index in [9.17, 15) is 63.6 Å². The minimum Gasteiger partial charge on any atom is -0.508 e. The number of carboxylic acids is 1. The van der Waals surface area contributed by atoms with Gasteiger partial charge in [-0.25, -0.2) is 4.79 Å². The lowest BCUT2D eigenvalue weighted by molar-refractivity contribution is -0.143. The molecule has 24 heteroatoms. The Balaban J connectivity index is 2.28. The Kier molecular flexibility index (Phi) is 23.1. The molecule has 1 aliphatic rings. The summed E-state index contributed by atoms with van der Waals surface area (Å²) in [5, 5.41) is 65.1. The van der Waals surface area contributed by atoms with E-state index < -0.39 is 127 Å². The Morgan fingerprint density at radius 3 is 1.73 bits per heavy atom. The van der Waals surface area contributed by atoms with Crippen LogP contribution in [0, 0.1) is 5.92 Å². The number of rotatable bonds is 27. The number of phenols is 1. The van der Waals surface area contributed by atoms with Crippen LogP contribution in [0.25, 0.3) is 0 Å². The van der Waals surface area contributed by atoms with Crippen LogP contribution in [0.3, 0.4) is 0 Å². The molecule has 0 saturated carbocycles. The summed E-state index contributed by atoms with van der Waals surface area (Å²) in [7, 11) is 0. The van der Waals surface area contributed by atoms with Crippen LogP contribution in [0.1, 0.15) is 64.9 Å². The maximum Gasteiger partial charge on any atom is 0.328 e. The number of carboxylic acid groups (broad SMARTS) is 1. The molecule has 358 valence electrons. The number of aliphatic hydroxyl groups excluding tert-OH is 3. The predicted octanol–water partition coefficient (Wildman–Crippen LogP) is -5.47. The fourth-order valence-electron chi connectivity index (χ4n) is 6.57. The zero-order valence-electron chi connectivity index (χ0n) is 36.2. The van der Waals surface area contributed by atoms with Gasteiger partial charge in [0.15, 0.2) is 0 Å². The summed E-state index contributed by atoms with van der Waals surface area (Å²) < 4.78 is 0. The van der Waals surface area contributed by atoms with Crippen LogP contribution in [-0.2, 0) is 49.6 Å². The fraction of sp³-hybridized carbons (Fsp3) is 0.625. The minimum absolute atomic E-state index is 0.0250. The predicted molar refractivity (Wildman–Crippen MR) is 226 cm³/mol. The van der Waals surface area contributed by atoms with Crippen LogP contribution in [0.2, 0.25) is 0 Å². The van der Waals surface area contributed by atoms with Crippen LogP contribution in [-0.4, -0.2) is 171 Å². The molecule has 1 heterocycles. The molecule has 1 saturated heterocycles. The number of nitrogens with two attached hydrogens (primary N) is 2. The van der Waals surface area contributed by atoms with E-state index in [1.807, 2.05) is 5.32 Å². The maximum absolute atomic E-state index is 13.8. The number of likely N-dealkylation sites (tertiary alicyclic amines) is 1. The van der Waals surface area contributed by atoms with E-state index in [4.69, 9.17) is 16.6 Å². The first-order valence-corrected chi connectivity index (χ1v) is 21.0.